The van der Waals surface area contributed by atoms with Crippen molar-refractivity contribution in [1.29, 1.82) is 0 Å². The van der Waals surface area contributed by atoms with Gasteiger partial charge in [-0.3, -0.25) is 4.90 Å². The monoisotopic (exact) mass is 314 g/mol. The van der Waals surface area contributed by atoms with Gasteiger partial charge in [-0.2, -0.15) is 0 Å². The van der Waals surface area contributed by atoms with Crippen molar-refractivity contribution in [2.75, 3.05) is 26.7 Å². The first kappa shape index (κ1) is 14.0. The summed E-state index contributed by atoms with van der Waals surface area (Å²) in [5.41, 5.74) is 0.789. The minimum Gasteiger partial charge on any atom is -0.301 e. The van der Waals surface area contributed by atoms with E-state index in [2.05, 4.69) is 39.7 Å². The van der Waals surface area contributed by atoms with Crippen LogP contribution in [-0.4, -0.2) is 42.5 Å². The molecule has 1 aromatic rings. The van der Waals surface area contributed by atoms with Crippen LogP contribution in [0, 0.1) is 5.82 Å². The van der Waals surface area contributed by atoms with Crippen molar-refractivity contribution >= 4 is 15.9 Å². The van der Waals surface area contributed by atoms with E-state index < -0.39 is 0 Å². The molecular weight excluding hydrogens is 295 g/mol. The average Bonchev–Trinajstić information content (AvgIpc) is 2.35. The van der Waals surface area contributed by atoms with Crippen LogP contribution in [0.5, 0.6) is 0 Å². The van der Waals surface area contributed by atoms with Gasteiger partial charge in [0.25, 0.3) is 0 Å². The molecule has 1 aliphatic heterocycles. The highest BCUT2D eigenvalue weighted by Crippen LogP contribution is 2.19. The van der Waals surface area contributed by atoms with E-state index in [4.69, 9.17) is 0 Å². The van der Waals surface area contributed by atoms with E-state index in [1.54, 1.807) is 6.07 Å². The molecular formula is C14H20BrFN2. The fourth-order valence-electron chi connectivity index (χ4n) is 2.49. The maximum Gasteiger partial charge on any atom is 0.128 e. The van der Waals surface area contributed by atoms with Crippen LogP contribution in [-0.2, 0) is 6.54 Å². The lowest BCUT2D eigenvalue weighted by molar-refractivity contribution is 0.0876. The molecule has 2 nitrogen and oxygen atoms in total. The number of hydrogen-bond acceptors (Lipinski definition) is 2. The van der Waals surface area contributed by atoms with Gasteiger partial charge in [-0.15, -0.1) is 0 Å². The summed E-state index contributed by atoms with van der Waals surface area (Å²) in [5, 5.41) is 0. The summed E-state index contributed by atoms with van der Waals surface area (Å²) in [6.45, 7) is 6.04. The van der Waals surface area contributed by atoms with Gasteiger partial charge in [-0.05, 0) is 25.6 Å². The standard InChI is InChI=1S/C14H20BrFN2/c1-3-13-10-18(7-6-17(13)2)9-11-4-5-12(15)8-14(11)16/h4-5,8,13H,3,6-7,9-10H2,1-2H3. The molecule has 18 heavy (non-hydrogen) atoms. The zero-order valence-electron chi connectivity index (χ0n) is 11.0. The zero-order valence-corrected chi connectivity index (χ0v) is 12.6. The van der Waals surface area contributed by atoms with Crippen molar-refractivity contribution in [2.24, 2.45) is 0 Å². The van der Waals surface area contributed by atoms with E-state index in [9.17, 15) is 4.39 Å². The molecule has 0 N–H and O–H groups in total. The molecule has 0 amide bonds. The van der Waals surface area contributed by atoms with Gasteiger partial charge in [-0.1, -0.05) is 28.9 Å². The molecule has 1 aromatic carbocycles. The number of benzene rings is 1. The Morgan fingerprint density at radius 2 is 2.17 bits per heavy atom. The van der Waals surface area contributed by atoms with Crippen LogP contribution in [0.1, 0.15) is 18.9 Å². The topological polar surface area (TPSA) is 6.48 Å². The van der Waals surface area contributed by atoms with Crippen molar-refractivity contribution in [3.05, 3.63) is 34.1 Å². The molecule has 1 atom stereocenters. The predicted molar refractivity (Wildman–Crippen MR) is 76.1 cm³/mol. The summed E-state index contributed by atoms with van der Waals surface area (Å²) >= 11 is 3.29. The normalized spacial score (nSPS) is 22.3. The van der Waals surface area contributed by atoms with Crippen LogP contribution < -0.4 is 0 Å². The van der Waals surface area contributed by atoms with E-state index in [0.717, 1.165) is 36.1 Å². The van der Waals surface area contributed by atoms with Gasteiger partial charge in [-0.25, -0.2) is 4.39 Å². The van der Waals surface area contributed by atoms with Crippen molar-refractivity contribution < 1.29 is 4.39 Å². The number of hydrogen-bond donors (Lipinski definition) is 0. The third kappa shape index (κ3) is 3.31. The summed E-state index contributed by atoms with van der Waals surface area (Å²) < 4.78 is 14.6. The molecule has 1 unspecified atom stereocenters. The van der Waals surface area contributed by atoms with E-state index in [-0.39, 0.29) is 5.82 Å². The van der Waals surface area contributed by atoms with Gasteiger partial charge in [0.1, 0.15) is 5.82 Å². The highest BCUT2D eigenvalue weighted by Gasteiger charge is 2.23. The average molecular weight is 315 g/mol. The van der Waals surface area contributed by atoms with Crippen LogP contribution >= 0.6 is 15.9 Å². The number of likely N-dealkylation sites (N-methyl/N-ethyl adjacent to an activating group) is 1. The molecule has 0 saturated carbocycles. The first-order chi connectivity index (χ1) is 8.60. The van der Waals surface area contributed by atoms with Gasteiger partial charge in [0.05, 0.1) is 0 Å². The highest BCUT2D eigenvalue weighted by atomic mass is 79.9. The maximum atomic E-state index is 13.8. The van der Waals surface area contributed by atoms with Crippen molar-refractivity contribution in [3.8, 4) is 0 Å². The third-order valence-corrected chi connectivity index (χ3v) is 4.23. The fourth-order valence-corrected chi connectivity index (χ4v) is 2.82. The second kappa shape index (κ2) is 6.13. The Morgan fingerprint density at radius 1 is 1.39 bits per heavy atom. The first-order valence-electron chi connectivity index (χ1n) is 6.46. The Morgan fingerprint density at radius 3 is 2.83 bits per heavy atom. The van der Waals surface area contributed by atoms with Crippen LogP contribution in [0.2, 0.25) is 0 Å². The van der Waals surface area contributed by atoms with Gasteiger partial charge in [0.2, 0.25) is 0 Å². The molecule has 2 rings (SSSR count). The molecule has 0 aliphatic carbocycles. The van der Waals surface area contributed by atoms with Crippen LogP contribution in [0.4, 0.5) is 4.39 Å². The third-order valence-electron chi connectivity index (χ3n) is 3.74. The number of halogens is 2. The Labute approximate surface area is 117 Å². The van der Waals surface area contributed by atoms with Crippen molar-refractivity contribution in [2.45, 2.75) is 25.9 Å². The van der Waals surface area contributed by atoms with Crippen molar-refractivity contribution in [3.63, 3.8) is 0 Å². The molecule has 0 spiro atoms. The zero-order chi connectivity index (χ0) is 13.1. The van der Waals surface area contributed by atoms with E-state index in [1.165, 1.54) is 0 Å². The lowest BCUT2D eigenvalue weighted by Gasteiger charge is -2.39. The van der Waals surface area contributed by atoms with Crippen LogP contribution in [0.15, 0.2) is 22.7 Å². The molecule has 100 valence electrons. The number of nitrogens with zero attached hydrogens (tertiary/aromatic N) is 2. The first-order valence-corrected chi connectivity index (χ1v) is 7.26. The Balaban J connectivity index is 2.01. The van der Waals surface area contributed by atoms with Gasteiger partial charge < -0.3 is 4.90 Å². The second-order valence-electron chi connectivity index (χ2n) is 5.01. The summed E-state index contributed by atoms with van der Waals surface area (Å²) in [4.78, 5) is 4.74. The summed E-state index contributed by atoms with van der Waals surface area (Å²) in [6.07, 6.45) is 1.15. The Bertz CT molecular complexity index is 411. The summed E-state index contributed by atoms with van der Waals surface area (Å²) in [5.74, 6) is -0.114. The highest BCUT2D eigenvalue weighted by molar-refractivity contribution is 9.10. The fraction of sp³-hybridized carbons (Fsp3) is 0.571. The largest absolute Gasteiger partial charge is 0.301 e. The quantitative estimate of drug-likeness (QED) is 0.846. The lowest BCUT2D eigenvalue weighted by Crippen LogP contribution is -2.50. The SMILES string of the molecule is CCC1CN(Cc2ccc(Br)cc2F)CCN1C. The second-order valence-corrected chi connectivity index (χ2v) is 5.93. The van der Waals surface area contributed by atoms with Crippen LogP contribution in [0.3, 0.4) is 0 Å². The molecule has 1 aliphatic rings. The Kier molecular flexibility index (Phi) is 4.76. The molecule has 1 fully saturated rings. The predicted octanol–water partition coefficient (Wildman–Crippen LogP) is 3.11. The Hall–Kier alpha value is -0.450. The minimum absolute atomic E-state index is 0.114. The molecule has 0 bridgehead atoms. The van der Waals surface area contributed by atoms with Crippen molar-refractivity contribution in [1.82, 2.24) is 9.80 Å². The maximum absolute atomic E-state index is 13.8. The van der Waals surface area contributed by atoms with Gasteiger partial charge in [0, 0.05) is 42.3 Å². The lowest BCUT2D eigenvalue weighted by atomic mass is 10.1. The molecule has 1 heterocycles. The van der Waals surface area contributed by atoms with Crippen LogP contribution in [0.25, 0.3) is 0 Å². The van der Waals surface area contributed by atoms with Gasteiger partial charge in [0.15, 0.2) is 0 Å². The number of piperazine rings is 1. The minimum atomic E-state index is -0.114. The number of rotatable bonds is 3. The molecule has 0 aromatic heterocycles. The van der Waals surface area contributed by atoms with Gasteiger partial charge >= 0.3 is 0 Å². The molecule has 4 heteroatoms. The molecule has 1 saturated heterocycles. The van der Waals surface area contributed by atoms with E-state index >= 15 is 0 Å². The van der Waals surface area contributed by atoms with E-state index in [1.807, 2.05) is 12.1 Å². The molecule has 0 radical (unpaired) electrons. The van der Waals surface area contributed by atoms with E-state index in [0.29, 0.717) is 12.6 Å². The smallest absolute Gasteiger partial charge is 0.128 e. The summed E-state index contributed by atoms with van der Waals surface area (Å²) in [6, 6.07) is 5.92. The summed E-state index contributed by atoms with van der Waals surface area (Å²) in [7, 11) is 2.17.